The molecule has 0 aliphatic carbocycles. The lowest BCUT2D eigenvalue weighted by Crippen LogP contribution is -2.39. The van der Waals surface area contributed by atoms with Crippen molar-refractivity contribution in [1.29, 1.82) is 0 Å². The van der Waals surface area contributed by atoms with E-state index < -0.39 is 0 Å². The van der Waals surface area contributed by atoms with Gasteiger partial charge in [0.2, 0.25) is 5.91 Å². The number of nitrogens with zero attached hydrogens (tertiary/aromatic N) is 1. The number of para-hydroxylation sites is 1. The molecule has 1 aromatic rings. The molecule has 2 N–H and O–H groups in total. The van der Waals surface area contributed by atoms with Gasteiger partial charge in [0.1, 0.15) is 5.75 Å². The summed E-state index contributed by atoms with van der Waals surface area (Å²) in [6.45, 7) is 7.73. The van der Waals surface area contributed by atoms with Gasteiger partial charge in [-0.25, -0.2) is 0 Å². The van der Waals surface area contributed by atoms with Crippen molar-refractivity contribution < 1.29 is 14.3 Å². The van der Waals surface area contributed by atoms with Crippen LogP contribution in [0.15, 0.2) is 30.3 Å². The first-order valence-electron chi connectivity index (χ1n) is 8.09. The Morgan fingerprint density at radius 2 is 1.74 bits per heavy atom. The summed E-state index contributed by atoms with van der Waals surface area (Å²) in [4.78, 5) is 25.5. The predicted molar refractivity (Wildman–Crippen MR) is 90.4 cm³/mol. The highest BCUT2D eigenvalue weighted by Crippen LogP contribution is 2.07. The van der Waals surface area contributed by atoms with Gasteiger partial charge in [-0.2, -0.15) is 0 Å². The van der Waals surface area contributed by atoms with Crippen molar-refractivity contribution in [2.45, 2.75) is 20.3 Å². The molecule has 0 aliphatic rings. The molecule has 0 spiro atoms. The van der Waals surface area contributed by atoms with Crippen LogP contribution in [-0.4, -0.2) is 56.0 Å². The maximum Gasteiger partial charge on any atom is 0.258 e. The standard InChI is InChI=1S/C17H27N3O3/c1-3-20(4-2)12-8-11-18-16(21)13-19-17(22)14-23-15-9-6-5-7-10-15/h5-7,9-10H,3-4,8,11-14H2,1-2H3,(H,18,21)(H,19,22). The van der Waals surface area contributed by atoms with Gasteiger partial charge < -0.3 is 20.3 Å². The average molecular weight is 321 g/mol. The van der Waals surface area contributed by atoms with Crippen LogP contribution in [0.4, 0.5) is 0 Å². The molecule has 0 bridgehead atoms. The van der Waals surface area contributed by atoms with Gasteiger partial charge in [-0.05, 0) is 38.2 Å². The molecule has 23 heavy (non-hydrogen) atoms. The lowest BCUT2D eigenvalue weighted by Gasteiger charge is -2.17. The summed E-state index contributed by atoms with van der Waals surface area (Å²) in [5.41, 5.74) is 0. The van der Waals surface area contributed by atoms with Crippen LogP contribution in [-0.2, 0) is 9.59 Å². The zero-order valence-corrected chi connectivity index (χ0v) is 14.0. The molecule has 0 aliphatic heterocycles. The van der Waals surface area contributed by atoms with Crippen molar-refractivity contribution >= 4 is 11.8 Å². The fourth-order valence-corrected chi connectivity index (χ4v) is 2.03. The molecule has 0 heterocycles. The van der Waals surface area contributed by atoms with Gasteiger partial charge in [-0.15, -0.1) is 0 Å². The zero-order chi connectivity index (χ0) is 16.9. The number of carbonyl (C=O) groups excluding carboxylic acids is 2. The topological polar surface area (TPSA) is 70.7 Å². The van der Waals surface area contributed by atoms with E-state index >= 15 is 0 Å². The van der Waals surface area contributed by atoms with Crippen molar-refractivity contribution in [2.24, 2.45) is 0 Å². The molecule has 0 fully saturated rings. The van der Waals surface area contributed by atoms with Crippen LogP contribution in [0.5, 0.6) is 5.75 Å². The highest BCUT2D eigenvalue weighted by Gasteiger charge is 2.06. The van der Waals surface area contributed by atoms with E-state index in [4.69, 9.17) is 4.74 Å². The van der Waals surface area contributed by atoms with Crippen molar-refractivity contribution in [3.8, 4) is 5.75 Å². The first-order chi connectivity index (χ1) is 11.2. The molecule has 0 saturated heterocycles. The van der Waals surface area contributed by atoms with Gasteiger partial charge in [0.15, 0.2) is 6.61 Å². The van der Waals surface area contributed by atoms with E-state index in [1.54, 1.807) is 12.1 Å². The number of nitrogens with one attached hydrogen (secondary N) is 2. The lowest BCUT2D eigenvalue weighted by molar-refractivity contribution is -0.127. The molecular weight excluding hydrogens is 294 g/mol. The molecule has 0 saturated carbocycles. The van der Waals surface area contributed by atoms with Gasteiger partial charge in [-0.3, -0.25) is 9.59 Å². The van der Waals surface area contributed by atoms with E-state index in [0.29, 0.717) is 12.3 Å². The van der Waals surface area contributed by atoms with E-state index in [0.717, 1.165) is 26.1 Å². The van der Waals surface area contributed by atoms with Crippen molar-refractivity contribution in [3.05, 3.63) is 30.3 Å². The molecule has 0 unspecified atom stereocenters. The average Bonchev–Trinajstić information content (AvgIpc) is 2.59. The molecule has 0 aromatic heterocycles. The summed E-state index contributed by atoms with van der Waals surface area (Å²) >= 11 is 0. The van der Waals surface area contributed by atoms with Crippen LogP contribution in [0.3, 0.4) is 0 Å². The third kappa shape index (κ3) is 8.83. The normalized spacial score (nSPS) is 10.4. The Morgan fingerprint density at radius 3 is 2.39 bits per heavy atom. The fraction of sp³-hybridized carbons (Fsp3) is 0.529. The third-order valence-electron chi connectivity index (χ3n) is 3.43. The zero-order valence-electron chi connectivity index (χ0n) is 14.0. The summed E-state index contributed by atoms with van der Waals surface area (Å²) in [5.74, 6) is 0.133. The van der Waals surface area contributed by atoms with Crippen LogP contribution >= 0.6 is 0 Å². The summed E-state index contributed by atoms with van der Waals surface area (Å²) in [5, 5.41) is 5.33. The molecule has 128 valence electrons. The Kier molecular flexibility index (Phi) is 9.47. The number of rotatable bonds is 11. The van der Waals surface area contributed by atoms with Gasteiger partial charge in [0.25, 0.3) is 5.91 Å². The van der Waals surface area contributed by atoms with Gasteiger partial charge in [0, 0.05) is 6.54 Å². The number of benzene rings is 1. The highest BCUT2D eigenvalue weighted by molar-refractivity contribution is 5.85. The SMILES string of the molecule is CCN(CC)CCCNC(=O)CNC(=O)COc1ccccc1. The minimum absolute atomic E-state index is 0.0255. The fourth-order valence-electron chi connectivity index (χ4n) is 2.03. The number of hydrogen-bond acceptors (Lipinski definition) is 4. The molecule has 0 radical (unpaired) electrons. The lowest BCUT2D eigenvalue weighted by atomic mass is 10.3. The van der Waals surface area contributed by atoms with Crippen molar-refractivity contribution in [2.75, 3.05) is 39.3 Å². The van der Waals surface area contributed by atoms with Crippen LogP contribution in [0, 0.1) is 0 Å². The molecular formula is C17H27N3O3. The van der Waals surface area contributed by atoms with Crippen LogP contribution in [0.2, 0.25) is 0 Å². The largest absolute Gasteiger partial charge is 0.484 e. The van der Waals surface area contributed by atoms with Crippen LogP contribution in [0.1, 0.15) is 20.3 Å². The second-order valence-corrected chi connectivity index (χ2v) is 5.11. The summed E-state index contributed by atoms with van der Waals surface area (Å²) in [6.07, 6.45) is 0.901. The van der Waals surface area contributed by atoms with E-state index in [9.17, 15) is 9.59 Å². The van der Waals surface area contributed by atoms with Crippen molar-refractivity contribution in [3.63, 3.8) is 0 Å². The van der Waals surface area contributed by atoms with Gasteiger partial charge in [0.05, 0.1) is 6.54 Å². The van der Waals surface area contributed by atoms with Gasteiger partial charge in [-0.1, -0.05) is 32.0 Å². The Hall–Kier alpha value is -2.08. The van der Waals surface area contributed by atoms with E-state index in [2.05, 4.69) is 29.4 Å². The maximum atomic E-state index is 11.6. The third-order valence-corrected chi connectivity index (χ3v) is 3.43. The van der Waals surface area contributed by atoms with E-state index in [-0.39, 0.29) is 25.0 Å². The smallest absolute Gasteiger partial charge is 0.258 e. The molecule has 6 heteroatoms. The molecule has 1 aromatic carbocycles. The van der Waals surface area contributed by atoms with Crippen LogP contribution < -0.4 is 15.4 Å². The molecule has 0 atom stereocenters. The monoisotopic (exact) mass is 321 g/mol. The molecule has 6 nitrogen and oxygen atoms in total. The van der Waals surface area contributed by atoms with Crippen molar-refractivity contribution in [1.82, 2.24) is 15.5 Å². The maximum absolute atomic E-state index is 11.6. The second-order valence-electron chi connectivity index (χ2n) is 5.11. The number of amides is 2. The van der Waals surface area contributed by atoms with Crippen LogP contribution in [0.25, 0.3) is 0 Å². The van der Waals surface area contributed by atoms with Gasteiger partial charge >= 0.3 is 0 Å². The second kappa shape index (κ2) is 11.5. The summed E-state index contributed by atoms with van der Waals surface area (Å²) in [7, 11) is 0. The molecule has 2 amide bonds. The predicted octanol–water partition coefficient (Wildman–Crippen LogP) is 1.03. The Balaban J connectivity index is 2.07. The minimum Gasteiger partial charge on any atom is -0.484 e. The Morgan fingerprint density at radius 1 is 1.04 bits per heavy atom. The highest BCUT2D eigenvalue weighted by atomic mass is 16.5. The Labute approximate surface area is 138 Å². The first-order valence-corrected chi connectivity index (χ1v) is 8.09. The number of hydrogen-bond donors (Lipinski definition) is 2. The number of carbonyl (C=O) groups is 2. The summed E-state index contributed by atoms with van der Waals surface area (Å²) < 4.78 is 5.30. The molecule has 1 rings (SSSR count). The van der Waals surface area contributed by atoms with E-state index in [1.807, 2.05) is 18.2 Å². The Bertz CT molecular complexity index is 461. The quantitative estimate of drug-likeness (QED) is 0.597. The summed E-state index contributed by atoms with van der Waals surface area (Å²) in [6, 6.07) is 9.08. The van der Waals surface area contributed by atoms with E-state index in [1.165, 1.54) is 0 Å². The number of ether oxygens (including phenoxy) is 1. The first kappa shape index (κ1) is 19.0. The minimum atomic E-state index is -0.313.